The number of nitrogens with zero attached hydrogens (tertiary/aromatic N) is 1. The van der Waals surface area contributed by atoms with E-state index in [9.17, 15) is 18.0 Å². The van der Waals surface area contributed by atoms with Gasteiger partial charge in [0.05, 0.1) is 4.90 Å². The Morgan fingerprint density at radius 2 is 1.50 bits per heavy atom. The number of hydrogen-bond acceptors (Lipinski definition) is 4. The fourth-order valence-corrected chi connectivity index (χ4v) is 3.74. The third-order valence-electron chi connectivity index (χ3n) is 4.55. The summed E-state index contributed by atoms with van der Waals surface area (Å²) in [7, 11) is -4.05. The molecule has 0 aliphatic heterocycles. The van der Waals surface area contributed by atoms with Gasteiger partial charge in [0.1, 0.15) is 5.70 Å². The fourth-order valence-electron chi connectivity index (χ4n) is 2.87. The van der Waals surface area contributed by atoms with Crippen LogP contribution >= 0.6 is 0 Å². The van der Waals surface area contributed by atoms with Crippen LogP contribution in [0.25, 0.3) is 6.08 Å². The van der Waals surface area contributed by atoms with Gasteiger partial charge in [0, 0.05) is 11.3 Å². The molecule has 0 saturated carbocycles. The zero-order chi connectivity index (χ0) is 24.7. The molecular weight excluding hydrogens is 454 g/mol. The Bertz CT molecular complexity index is 1340. The molecule has 3 rings (SSSR count). The Kier molecular flexibility index (Phi) is 7.44. The number of anilines is 1. The molecule has 0 bridgehead atoms. The van der Waals surface area contributed by atoms with E-state index in [0.717, 1.165) is 5.56 Å². The van der Waals surface area contributed by atoms with Gasteiger partial charge in [0.25, 0.3) is 21.8 Å². The lowest BCUT2D eigenvalue weighted by atomic mass is 10.1. The van der Waals surface area contributed by atoms with Crippen LogP contribution in [-0.4, -0.2) is 26.2 Å². The van der Waals surface area contributed by atoms with Crippen molar-refractivity contribution in [2.45, 2.75) is 11.8 Å². The van der Waals surface area contributed by atoms with Crippen molar-refractivity contribution in [1.82, 2.24) is 5.32 Å². The highest BCUT2D eigenvalue weighted by molar-refractivity contribution is 7.90. The van der Waals surface area contributed by atoms with Gasteiger partial charge in [0.15, 0.2) is 0 Å². The lowest BCUT2D eigenvalue weighted by molar-refractivity contribution is -0.113. The third kappa shape index (κ3) is 6.53. The summed E-state index contributed by atoms with van der Waals surface area (Å²) in [5.74, 6) is -1.63. The van der Waals surface area contributed by atoms with Crippen LogP contribution in [0.5, 0.6) is 0 Å². The number of hydrogen-bond donors (Lipinski definition) is 4. The largest absolute Gasteiger partial charge is 0.369 e. The Hall–Kier alpha value is -4.44. The number of nitrogens with one attached hydrogen (secondary N) is 2. The predicted molar refractivity (Wildman–Crippen MR) is 131 cm³/mol. The first-order chi connectivity index (χ1) is 16.1. The summed E-state index contributed by atoms with van der Waals surface area (Å²) in [5, 5.41) is 5.29. The maximum atomic E-state index is 13.0. The first-order valence-electron chi connectivity index (χ1n) is 10.1. The Morgan fingerprint density at radius 3 is 2.09 bits per heavy atom. The summed E-state index contributed by atoms with van der Waals surface area (Å²) in [6, 6.07) is 21.2. The van der Waals surface area contributed by atoms with E-state index in [4.69, 9.17) is 11.5 Å². The molecule has 0 saturated heterocycles. The number of rotatable bonds is 7. The summed E-state index contributed by atoms with van der Waals surface area (Å²) in [4.78, 5) is 25.6. The zero-order valence-electron chi connectivity index (χ0n) is 18.2. The number of sulfonamides is 1. The van der Waals surface area contributed by atoms with Crippen LogP contribution in [0.1, 0.15) is 21.5 Å². The van der Waals surface area contributed by atoms with Crippen molar-refractivity contribution < 1.29 is 18.0 Å². The highest BCUT2D eigenvalue weighted by Crippen LogP contribution is 2.17. The monoisotopic (exact) mass is 477 g/mol. The van der Waals surface area contributed by atoms with Crippen molar-refractivity contribution >= 4 is 39.6 Å². The Labute approximate surface area is 197 Å². The lowest BCUT2D eigenvalue weighted by Crippen LogP contribution is -2.30. The number of benzene rings is 3. The fraction of sp³-hybridized carbons (Fsp3) is 0.0417. The summed E-state index contributed by atoms with van der Waals surface area (Å²) in [6.07, 6.45) is 1.54. The molecule has 0 aromatic heterocycles. The van der Waals surface area contributed by atoms with E-state index in [0.29, 0.717) is 16.8 Å². The topological polar surface area (TPSA) is 157 Å². The molecule has 3 aromatic rings. The van der Waals surface area contributed by atoms with E-state index in [1.165, 1.54) is 24.3 Å². The predicted octanol–water partition coefficient (Wildman–Crippen LogP) is 2.37. The maximum Gasteiger partial charge on any atom is 0.285 e. The van der Waals surface area contributed by atoms with Gasteiger partial charge in [-0.15, -0.1) is 4.40 Å². The standard InChI is InChI=1S/C24H23N5O4S/c1-16-7-9-18(10-8-16)22(30)28-21(15-17-5-3-2-4-6-17)23(31)27-19-11-13-20(14-12-19)34(32,33)29-24(25)26/h2-15H,1H3,(H,27,31)(H,28,30)(H4,25,26,29)/b21-15+. The molecule has 0 aliphatic carbocycles. The number of aryl methyl sites for hydroxylation is 1. The van der Waals surface area contributed by atoms with E-state index < -0.39 is 27.8 Å². The molecule has 9 nitrogen and oxygen atoms in total. The molecule has 0 unspecified atom stereocenters. The average molecular weight is 478 g/mol. The van der Waals surface area contributed by atoms with Crippen molar-refractivity contribution in [1.29, 1.82) is 0 Å². The quantitative estimate of drug-likeness (QED) is 0.232. The molecule has 0 radical (unpaired) electrons. The van der Waals surface area contributed by atoms with Crippen LogP contribution in [0.2, 0.25) is 0 Å². The Balaban J connectivity index is 1.84. The second-order valence-corrected chi connectivity index (χ2v) is 8.86. The smallest absolute Gasteiger partial charge is 0.285 e. The molecule has 0 spiro atoms. The molecular formula is C24H23N5O4S. The lowest BCUT2D eigenvalue weighted by Gasteiger charge is -2.12. The Morgan fingerprint density at radius 1 is 0.882 bits per heavy atom. The number of carbonyl (C=O) groups excluding carboxylic acids is 2. The van der Waals surface area contributed by atoms with Gasteiger partial charge < -0.3 is 22.1 Å². The average Bonchev–Trinajstić information content (AvgIpc) is 2.79. The van der Waals surface area contributed by atoms with Crippen molar-refractivity contribution in [2.24, 2.45) is 15.9 Å². The van der Waals surface area contributed by atoms with Gasteiger partial charge in [0.2, 0.25) is 5.96 Å². The van der Waals surface area contributed by atoms with Gasteiger partial charge in [-0.25, -0.2) is 0 Å². The second kappa shape index (κ2) is 10.5. The van der Waals surface area contributed by atoms with Gasteiger partial charge in [-0.1, -0.05) is 48.0 Å². The van der Waals surface area contributed by atoms with E-state index in [2.05, 4.69) is 15.0 Å². The van der Waals surface area contributed by atoms with Crippen molar-refractivity contribution in [2.75, 3.05) is 5.32 Å². The van der Waals surface area contributed by atoms with E-state index in [1.807, 2.05) is 13.0 Å². The number of nitrogens with two attached hydrogens (primary N) is 2. The van der Waals surface area contributed by atoms with Crippen LogP contribution in [0, 0.1) is 6.92 Å². The molecule has 10 heteroatoms. The van der Waals surface area contributed by atoms with Gasteiger partial charge >= 0.3 is 0 Å². The SMILES string of the molecule is Cc1ccc(C(=O)N/C(=C/c2ccccc2)C(=O)Nc2ccc(S(=O)(=O)N=C(N)N)cc2)cc1. The van der Waals surface area contributed by atoms with Crippen LogP contribution in [0.15, 0.2) is 93.9 Å². The zero-order valence-corrected chi connectivity index (χ0v) is 19.0. The molecule has 0 aliphatic rings. The molecule has 0 heterocycles. The first-order valence-corrected chi connectivity index (χ1v) is 11.5. The van der Waals surface area contributed by atoms with Crippen molar-refractivity contribution in [3.63, 3.8) is 0 Å². The minimum atomic E-state index is -4.05. The highest BCUT2D eigenvalue weighted by atomic mass is 32.2. The highest BCUT2D eigenvalue weighted by Gasteiger charge is 2.17. The molecule has 0 atom stereocenters. The van der Waals surface area contributed by atoms with Crippen LogP contribution in [0.4, 0.5) is 5.69 Å². The molecule has 6 N–H and O–H groups in total. The molecule has 2 amide bonds. The van der Waals surface area contributed by atoms with E-state index in [-0.39, 0.29) is 10.6 Å². The third-order valence-corrected chi connectivity index (χ3v) is 5.87. The second-order valence-electron chi connectivity index (χ2n) is 7.26. The van der Waals surface area contributed by atoms with E-state index >= 15 is 0 Å². The van der Waals surface area contributed by atoms with Crippen LogP contribution in [0.3, 0.4) is 0 Å². The molecule has 34 heavy (non-hydrogen) atoms. The molecule has 174 valence electrons. The summed E-state index contributed by atoms with van der Waals surface area (Å²) in [5.41, 5.74) is 12.7. The summed E-state index contributed by atoms with van der Waals surface area (Å²) >= 11 is 0. The van der Waals surface area contributed by atoms with Crippen molar-refractivity contribution in [3.8, 4) is 0 Å². The van der Waals surface area contributed by atoms with Gasteiger partial charge in [-0.2, -0.15) is 8.42 Å². The van der Waals surface area contributed by atoms with Gasteiger partial charge in [-0.05, 0) is 55.0 Å². The number of carbonyl (C=O) groups is 2. The minimum absolute atomic E-state index is 0.00831. The summed E-state index contributed by atoms with van der Waals surface area (Å²) in [6.45, 7) is 1.91. The molecule has 0 fully saturated rings. The van der Waals surface area contributed by atoms with Gasteiger partial charge in [-0.3, -0.25) is 9.59 Å². The number of guanidine groups is 1. The minimum Gasteiger partial charge on any atom is -0.369 e. The van der Waals surface area contributed by atoms with Crippen LogP contribution in [-0.2, 0) is 14.8 Å². The normalized spacial score (nSPS) is 11.4. The van der Waals surface area contributed by atoms with Crippen LogP contribution < -0.4 is 22.1 Å². The number of amides is 2. The maximum absolute atomic E-state index is 13.0. The van der Waals surface area contributed by atoms with E-state index in [1.54, 1.807) is 54.6 Å². The first kappa shape index (κ1) is 24.2. The van der Waals surface area contributed by atoms with Crippen molar-refractivity contribution in [3.05, 3.63) is 101 Å². The molecule has 3 aromatic carbocycles. The summed E-state index contributed by atoms with van der Waals surface area (Å²) < 4.78 is 27.4.